The topological polar surface area (TPSA) is 117 Å². The highest BCUT2D eigenvalue weighted by Crippen LogP contribution is 2.40. The molecule has 0 atom stereocenters. The van der Waals surface area contributed by atoms with Gasteiger partial charge in [-0.15, -0.1) is 0 Å². The molecule has 0 amide bonds. The molecule has 0 saturated carbocycles. The molecule has 6 N–H and O–H groups in total. The van der Waals surface area contributed by atoms with E-state index in [4.69, 9.17) is 21.5 Å². The van der Waals surface area contributed by atoms with E-state index in [0.29, 0.717) is 33.9 Å². The third kappa shape index (κ3) is 8.10. The molecule has 0 saturated heterocycles. The first-order valence-corrected chi connectivity index (χ1v) is 16.6. The van der Waals surface area contributed by atoms with Crippen molar-refractivity contribution in [2.45, 2.75) is 105 Å². The molecule has 4 rings (SSSR count). The van der Waals surface area contributed by atoms with Gasteiger partial charge in [-0.05, 0) is 80.3 Å². The molecule has 0 aliphatic heterocycles. The van der Waals surface area contributed by atoms with Crippen molar-refractivity contribution in [3.63, 3.8) is 0 Å². The number of rotatable bonds is 5. The van der Waals surface area contributed by atoms with E-state index < -0.39 is 0 Å². The lowest BCUT2D eigenvalue weighted by molar-refractivity contribution is 0.443. The predicted octanol–water partition coefficient (Wildman–Crippen LogP) is 10.6. The van der Waals surface area contributed by atoms with Gasteiger partial charge in [0, 0.05) is 34.7 Å². The maximum absolute atomic E-state index is 11.2. The summed E-state index contributed by atoms with van der Waals surface area (Å²) in [7, 11) is 0. The molecule has 6 nitrogen and oxygen atoms in total. The second kappa shape index (κ2) is 12.8. The highest BCUT2D eigenvalue weighted by atomic mass is 16.3. The van der Waals surface area contributed by atoms with E-state index in [1.54, 1.807) is 12.4 Å². The largest absolute Gasteiger partial charge is 0.507 e. The van der Waals surface area contributed by atoms with E-state index >= 15 is 0 Å². The lowest BCUT2D eigenvalue weighted by Gasteiger charge is -2.27. The highest BCUT2D eigenvalue weighted by Gasteiger charge is 2.26. The summed E-state index contributed by atoms with van der Waals surface area (Å²) in [6, 6.07) is 19.6. The molecule has 0 aromatic heterocycles. The van der Waals surface area contributed by atoms with E-state index in [-0.39, 0.29) is 33.2 Å². The molecule has 4 aromatic rings. The van der Waals surface area contributed by atoms with Gasteiger partial charge in [0.05, 0.1) is 22.7 Å². The summed E-state index contributed by atoms with van der Waals surface area (Å²) in [6.07, 6.45) is 3.38. The van der Waals surface area contributed by atoms with Gasteiger partial charge in [-0.3, -0.25) is 9.98 Å². The van der Waals surface area contributed by atoms with E-state index in [1.165, 1.54) is 0 Å². The summed E-state index contributed by atoms with van der Waals surface area (Å²) in [5.74, 6) is 0.462. The number of nitrogen functional groups attached to an aromatic ring is 2. The van der Waals surface area contributed by atoms with E-state index in [1.807, 2.05) is 48.5 Å². The standard InChI is InChI=1S/C42H54N4O2/c1-39(2,3)29-17-27(37(47)31(21-29)41(7,8)9)23-45-35-16-14-25(19-34(35)44)26-13-15-33(43)36(20-26)46-24-28-18-30(40(4,5)6)22-32(38(28)48)42(10,11)12/h13-24,47-48H,43-44H2,1-12H3. The number of nitrogens with two attached hydrogens (primary N) is 2. The molecule has 0 heterocycles. The van der Waals surface area contributed by atoms with Crippen LogP contribution >= 0.6 is 0 Å². The number of hydrogen-bond donors (Lipinski definition) is 4. The number of aromatic hydroxyl groups is 2. The molecule has 254 valence electrons. The minimum Gasteiger partial charge on any atom is -0.507 e. The van der Waals surface area contributed by atoms with Crippen LogP contribution in [0.4, 0.5) is 22.7 Å². The predicted molar refractivity (Wildman–Crippen MR) is 206 cm³/mol. The SMILES string of the molecule is CC(C)(C)c1cc(C=Nc2ccc(-c3ccc(N)c(N=Cc4cc(C(C)(C)C)cc(C(C)(C)C)c4O)c3)cc2N)c(O)c(C(C)(C)C)c1. The number of hydrogen-bond acceptors (Lipinski definition) is 6. The Balaban J connectivity index is 1.69. The second-order valence-corrected chi connectivity index (χ2v) is 17.0. The number of anilines is 2. The summed E-state index contributed by atoms with van der Waals surface area (Å²) in [5.41, 5.74) is 21.6. The zero-order valence-electron chi connectivity index (χ0n) is 30.9. The first-order chi connectivity index (χ1) is 22.0. The van der Waals surface area contributed by atoms with Crippen LogP contribution < -0.4 is 11.5 Å². The summed E-state index contributed by atoms with van der Waals surface area (Å²) >= 11 is 0. The fourth-order valence-electron chi connectivity index (χ4n) is 5.48. The lowest BCUT2D eigenvalue weighted by atomic mass is 9.79. The average molecular weight is 647 g/mol. The Kier molecular flexibility index (Phi) is 9.66. The second-order valence-electron chi connectivity index (χ2n) is 17.0. The smallest absolute Gasteiger partial charge is 0.128 e. The molecular weight excluding hydrogens is 592 g/mol. The first-order valence-electron chi connectivity index (χ1n) is 16.6. The maximum Gasteiger partial charge on any atom is 0.128 e. The molecule has 0 bridgehead atoms. The van der Waals surface area contributed by atoms with Crippen molar-refractivity contribution in [2.24, 2.45) is 9.98 Å². The van der Waals surface area contributed by atoms with Crippen LogP contribution in [0.15, 0.2) is 70.6 Å². The van der Waals surface area contributed by atoms with Crippen molar-refractivity contribution >= 4 is 35.2 Å². The lowest BCUT2D eigenvalue weighted by Crippen LogP contribution is -2.17. The number of phenolic OH excluding ortho intramolecular Hbond substituents is 2. The van der Waals surface area contributed by atoms with Gasteiger partial charge in [-0.2, -0.15) is 0 Å². The van der Waals surface area contributed by atoms with E-state index in [9.17, 15) is 10.2 Å². The normalized spacial score (nSPS) is 13.2. The van der Waals surface area contributed by atoms with Gasteiger partial charge in [0.1, 0.15) is 11.5 Å². The van der Waals surface area contributed by atoms with Crippen molar-refractivity contribution in [3.05, 3.63) is 94.0 Å². The Labute approximate surface area is 287 Å². The van der Waals surface area contributed by atoms with E-state index in [2.05, 4.69) is 95.2 Å². The van der Waals surface area contributed by atoms with Crippen LogP contribution in [0.5, 0.6) is 11.5 Å². The number of benzene rings is 4. The fourth-order valence-corrected chi connectivity index (χ4v) is 5.48. The molecule has 0 radical (unpaired) electrons. The zero-order valence-corrected chi connectivity index (χ0v) is 30.9. The molecule has 0 fully saturated rings. The monoisotopic (exact) mass is 646 g/mol. The van der Waals surface area contributed by atoms with Crippen LogP contribution in [0, 0.1) is 0 Å². The molecular formula is C42H54N4O2. The van der Waals surface area contributed by atoms with Crippen molar-refractivity contribution in [1.29, 1.82) is 0 Å². The quantitative estimate of drug-likeness (QED) is 0.127. The Bertz CT molecular complexity index is 1890. The Morgan fingerprint density at radius 2 is 0.896 bits per heavy atom. The number of nitrogens with zero attached hydrogens (tertiary/aromatic N) is 2. The summed E-state index contributed by atoms with van der Waals surface area (Å²) < 4.78 is 0. The molecule has 0 spiro atoms. The summed E-state index contributed by atoms with van der Waals surface area (Å²) in [4.78, 5) is 9.43. The molecule has 6 heteroatoms. The van der Waals surface area contributed by atoms with Crippen molar-refractivity contribution < 1.29 is 10.2 Å². The van der Waals surface area contributed by atoms with Gasteiger partial charge in [0.15, 0.2) is 0 Å². The summed E-state index contributed by atoms with van der Waals surface area (Å²) in [6.45, 7) is 25.5. The third-order valence-electron chi connectivity index (χ3n) is 8.70. The maximum atomic E-state index is 11.2. The Morgan fingerprint density at radius 1 is 0.479 bits per heavy atom. The van der Waals surface area contributed by atoms with Crippen molar-refractivity contribution in [1.82, 2.24) is 0 Å². The van der Waals surface area contributed by atoms with Crippen molar-refractivity contribution in [2.75, 3.05) is 11.5 Å². The number of phenols is 2. The van der Waals surface area contributed by atoms with Crippen LogP contribution in [0.3, 0.4) is 0 Å². The van der Waals surface area contributed by atoms with Crippen LogP contribution in [-0.4, -0.2) is 22.6 Å². The Hall–Kier alpha value is -4.58. The van der Waals surface area contributed by atoms with Crippen molar-refractivity contribution in [3.8, 4) is 22.6 Å². The van der Waals surface area contributed by atoms with Crippen LogP contribution in [0.1, 0.15) is 116 Å². The van der Waals surface area contributed by atoms with Gasteiger partial charge < -0.3 is 21.7 Å². The van der Waals surface area contributed by atoms with E-state index in [0.717, 1.165) is 33.4 Å². The molecule has 48 heavy (non-hydrogen) atoms. The first kappa shape index (κ1) is 36.3. The molecule has 4 aromatic carbocycles. The minimum absolute atomic E-state index is 0.0921. The van der Waals surface area contributed by atoms with Crippen LogP contribution in [0.2, 0.25) is 0 Å². The van der Waals surface area contributed by atoms with Gasteiger partial charge >= 0.3 is 0 Å². The fraction of sp³-hybridized carbons (Fsp3) is 0.381. The average Bonchev–Trinajstić information content (AvgIpc) is 2.94. The zero-order chi connectivity index (χ0) is 36.0. The van der Waals surface area contributed by atoms with Crippen LogP contribution in [0.25, 0.3) is 11.1 Å². The highest BCUT2D eigenvalue weighted by molar-refractivity contribution is 5.90. The van der Waals surface area contributed by atoms with Crippen LogP contribution in [-0.2, 0) is 21.7 Å². The summed E-state index contributed by atoms with van der Waals surface area (Å²) in [5, 5.41) is 22.4. The van der Waals surface area contributed by atoms with Gasteiger partial charge in [-0.25, -0.2) is 0 Å². The minimum atomic E-state index is -0.241. The number of aliphatic imine (C=N–C) groups is 2. The molecule has 0 unspecified atom stereocenters. The van der Waals surface area contributed by atoms with Gasteiger partial charge in [0.2, 0.25) is 0 Å². The molecule has 0 aliphatic rings. The third-order valence-corrected chi connectivity index (χ3v) is 8.70. The van der Waals surface area contributed by atoms with Gasteiger partial charge in [-0.1, -0.05) is 107 Å². The van der Waals surface area contributed by atoms with Gasteiger partial charge in [0.25, 0.3) is 0 Å². The Morgan fingerprint density at radius 3 is 1.31 bits per heavy atom. The molecule has 0 aliphatic carbocycles.